The zero-order chi connectivity index (χ0) is 13.1. The molecule has 0 spiro atoms. The minimum absolute atomic E-state index is 0.0838. The smallest absolute Gasteiger partial charge is 0.327 e. The minimum Gasteiger partial charge on any atom is -0.327 e. The van der Waals surface area contributed by atoms with Crippen molar-refractivity contribution >= 4 is 0 Å². The van der Waals surface area contributed by atoms with Gasteiger partial charge in [-0.25, -0.2) is 0 Å². The van der Waals surface area contributed by atoms with Crippen LogP contribution in [-0.2, 0) is 0 Å². The molecule has 0 bridgehead atoms. The van der Waals surface area contributed by atoms with Gasteiger partial charge in [0.2, 0.25) is 0 Å². The van der Waals surface area contributed by atoms with Gasteiger partial charge in [-0.2, -0.15) is 13.2 Å². The highest BCUT2D eigenvalue weighted by atomic mass is 19.4. The first kappa shape index (κ1) is 14.8. The van der Waals surface area contributed by atoms with Gasteiger partial charge >= 0.3 is 6.18 Å². The molecule has 0 amide bonds. The van der Waals surface area contributed by atoms with Crippen LogP contribution in [0, 0.1) is 17.8 Å². The van der Waals surface area contributed by atoms with Crippen molar-refractivity contribution in [2.24, 2.45) is 23.5 Å². The Bertz CT molecular complexity index is 217. The van der Waals surface area contributed by atoms with Gasteiger partial charge in [0, 0.05) is 12.5 Å². The highest BCUT2D eigenvalue weighted by Crippen LogP contribution is 2.35. The fourth-order valence-electron chi connectivity index (χ4n) is 2.81. The molecule has 102 valence electrons. The third-order valence-corrected chi connectivity index (χ3v) is 4.13. The Hall–Kier alpha value is -0.250. The highest BCUT2D eigenvalue weighted by molar-refractivity contribution is 4.81. The van der Waals surface area contributed by atoms with Crippen LogP contribution in [-0.4, -0.2) is 12.2 Å². The van der Waals surface area contributed by atoms with Crippen molar-refractivity contribution in [3.8, 4) is 0 Å². The molecule has 0 saturated heterocycles. The normalized spacial score (nSPS) is 28.4. The van der Waals surface area contributed by atoms with Crippen molar-refractivity contribution in [2.75, 3.05) is 0 Å². The molecule has 1 fully saturated rings. The van der Waals surface area contributed by atoms with Crippen molar-refractivity contribution in [1.29, 1.82) is 0 Å². The standard InChI is InChI=1S/C13H24F3N/c1-9(2)10-3-5-11(6-4-10)12(17)7-8-13(14,15)16/h9-12H,3-8,17H2,1-2H3. The Morgan fingerprint density at radius 2 is 1.53 bits per heavy atom. The zero-order valence-electron chi connectivity index (χ0n) is 10.8. The van der Waals surface area contributed by atoms with E-state index in [0.29, 0.717) is 11.8 Å². The van der Waals surface area contributed by atoms with E-state index in [1.54, 1.807) is 0 Å². The molecule has 1 atom stereocenters. The Balaban J connectivity index is 2.28. The zero-order valence-corrected chi connectivity index (χ0v) is 10.8. The predicted molar refractivity (Wildman–Crippen MR) is 63.6 cm³/mol. The Morgan fingerprint density at radius 1 is 1.06 bits per heavy atom. The molecule has 1 nitrogen and oxygen atoms in total. The van der Waals surface area contributed by atoms with Crippen molar-refractivity contribution < 1.29 is 13.2 Å². The number of halogens is 3. The van der Waals surface area contributed by atoms with Gasteiger partial charge in [-0.3, -0.25) is 0 Å². The molecule has 1 unspecified atom stereocenters. The van der Waals surface area contributed by atoms with Crippen LogP contribution >= 0.6 is 0 Å². The van der Waals surface area contributed by atoms with Gasteiger partial charge in [0.25, 0.3) is 0 Å². The lowest BCUT2D eigenvalue weighted by atomic mass is 9.74. The van der Waals surface area contributed by atoms with E-state index in [9.17, 15) is 13.2 Å². The number of hydrogen-bond acceptors (Lipinski definition) is 1. The summed E-state index contributed by atoms with van der Waals surface area (Å²) in [5.41, 5.74) is 5.88. The van der Waals surface area contributed by atoms with E-state index in [-0.39, 0.29) is 12.5 Å². The summed E-state index contributed by atoms with van der Waals surface area (Å²) in [4.78, 5) is 0. The van der Waals surface area contributed by atoms with Crippen LogP contribution < -0.4 is 5.73 Å². The average molecular weight is 251 g/mol. The van der Waals surface area contributed by atoms with Crippen LogP contribution in [0.4, 0.5) is 13.2 Å². The lowest BCUT2D eigenvalue weighted by Crippen LogP contribution is -2.34. The summed E-state index contributed by atoms with van der Waals surface area (Å²) in [7, 11) is 0. The Morgan fingerprint density at radius 3 is 1.94 bits per heavy atom. The van der Waals surface area contributed by atoms with Gasteiger partial charge < -0.3 is 5.73 Å². The van der Waals surface area contributed by atoms with Gasteiger partial charge in [0.1, 0.15) is 0 Å². The Labute approximate surface area is 102 Å². The maximum atomic E-state index is 12.1. The lowest BCUT2D eigenvalue weighted by Gasteiger charge is -2.34. The maximum absolute atomic E-state index is 12.1. The molecule has 1 aliphatic rings. The topological polar surface area (TPSA) is 26.0 Å². The van der Waals surface area contributed by atoms with Crippen LogP contribution in [0.25, 0.3) is 0 Å². The van der Waals surface area contributed by atoms with Crippen molar-refractivity contribution in [2.45, 2.75) is 64.6 Å². The molecular weight excluding hydrogens is 227 g/mol. The molecule has 1 saturated carbocycles. The molecule has 0 aliphatic heterocycles. The first-order chi connectivity index (χ1) is 7.79. The van der Waals surface area contributed by atoms with Crippen molar-refractivity contribution in [1.82, 2.24) is 0 Å². The van der Waals surface area contributed by atoms with E-state index in [4.69, 9.17) is 5.73 Å². The largest absolute Gasteiger partial charge is 0.389 e. The molecule has 1 aliphatic carbocycles. The van der Waals surface area contributed by atoms with Gasteiger partial charge in [0.15, 0.2) is 0 Å². The summed E-state index contributed by atoms with van der Waals surface area (Å²) in [6.45, 7) is 4.43. The van der Waals surface area contributed by atoms with Gasteiger partial charge in [-0.15, -0.1) is 0 Å². The quantitative estimate of drug-likeness (QED) is 0.799. The van der Waals surface area contributed by atoms with Gasteiger partial charge in [-0.05, 0) is 49.9 Å². The van der Waals surface area contributed by atoms with Gasteiger partial charge in [-0.1, -0.05) is 13.8 Å². The van der Waals surface area contributed by atoms with E-state index in [2.05, 4.69) is 13.8 Å². The predicted octanol–water partition coefficient (Wildman–Crippen LogP) is 4.12. The first-order valence-corrected chi connectivity index (χ1v) is 6.62. The third kappa shape index (κ3) is 5.28. The number of alkyl halides is 3. The number of hydrogen-bond donors (Lipinski definition) is 1. The van der Waals surface area contributed by atoms with Crippen LogP contribution in [0.2, 0.25) is 0 Å². The Kier molecular flexibility index (Phi) is 5.29. The lowest BCUT2D eigenvalue weighted by molar-refractivity contribution is -0.137. The second-order valence-corrected chi connectivity index (χ2v) is 5.74. The van der Waals surface area contributed by atoms with Crippen LogP contribution in [0.15, 0.2) is 0 Å². The summed E-state index contributed by atoms with van der Waals surface area (Å²) < 4.78 is 36.3. The third-order valence-electron chi connectivity index (χ3n) is 4.13. The molecule has 17 heavy (non-hydrogen) atoms. The average Bonchev–Trinajstić information content (AvgIpc) is 2.25. The van der Waals surface area contributed by atoms with E-state index in [0.717, 1.165) is 31.6 Å². The number of nitrogens with two attached hydrogens (primary N) is 1. The fraction of sp³-hybridized carbons (Fsp3) is 1.00. The SMILES string of the molecule is CC(C)C1CCC(C(N)CCC(F)(F)F)CC1. The van der Waals surface area contributed by atoms with E-state index >= 15 is 0 Å². The second-order valence-electron chi connectivity index (χ2n) is 5.74. The first-order valence-electron chi connectivity index (χ1n) is 6.62. The molecule has 0 aromatic rings. The summed E-state index contributed by atoms with van der Waals surface area (Å²) in [6.07, 6.45) is -0.459. The van der Waals surface area contributed by atoms with Crippen molar-refractivity contribution in [3.63, 3.8) is 0 Å². The monoisotopic (exact) mass is 251 g/mol. The van der Waals surface area contributed by atoms with E-state index in [1.807, 2.05) is 0 Å². The fourth-order valence-corrected chi connectivity index (χ4v) is 2.81. The minimum atomic E-state index is -4.06. The number of rotatable bonds is 4. The van der Waals surface area contributed by atoms with E-state index in [1.165, 1.54) is 0 Å². The summed E-state index contributed by atoms with van der Waals surface area (Å²) in [5, 5.41) is 0. The molecule has 2 N–H and O–H groups in total. The summed E-state index contributed by atoms with van der Waals surface area (Å²) in [5.74, 6) is 1.72. The van der Waals surface area contributed by atoms with Crippen molar-refractivity contribution in [3.05, 3.63) is 0 Å². The maximum Gasteiger partial charge on any atom is 0.389 e. The van der Waals surface area contributed by atoms with E-state index < -0.39 is 12.6 Å². The summed E-state index contributed by atoms with van der Waals surface area (Å²) >= 11 is 0. The van der Waals surface area contributed by atoms with Crippen LogP contribution in [0.1, 0.15) is 52.4 Å². The van der Waals surface area contributed by atoms with Crippen LogP contribution in [0.5, 0.6) is 0 Å². The molecule has 4 heteroatoms. The second kappa shape index (κ2) is 6.07. The van der Waals surface area contributed by atoms with Gasteiger partial charge in [0.05, 0.1) is 0 Å². The molecule has 0 radical (unpaired) electrons. The van der Waals surface area contributed by atoms with Crippen LogP contribution in [0.3, 0.4) is 0 Å². The molecule has 1 rings (SSSR count). The highest BCUT2D eigenvalue weighted by Gasteiger charge is 2.31. The summed E-state index contributed by atoms with van der Waals surface area (Å²) in [6, 6.07) is -0.273. The molecule has 0 aromatic carbocycles. The molecule has 0 aromatic heterocycles. The molecule has 0 heterocycles. The molecular formula is C13H24F3N.